The van der Waals surface area contributed by atoms with Gasteiger partial charge in [-0.15, -0.1) is 0 Å². The van der Waals surface area contributed by atoms with Gasteiger partial charge in [0.2, 0.25) is 0 Å². The molecule has 0 spiro atoms. The van der Waals surface area contributed by atoms with Gasteiger partial charge in [0.15, 0.2) is 0 Å². The van der Waals surface area contributed by atoms with Gasteiger partial charge in [-0.25, -0.2) is 4.39 Å². The van der Waals surface area contributed by atoms with Crippen LogP contribution < -0.4 is 20.5 Å². The van der Waals surface area contributed by atoms with E-state index in [9.17, 15) is 22.8 Å². The average Bonchev–Trinajstić information content (AvgIpc) is 2.78. The van der Waals surface area contributed by atoms with Crippen LogP contribution in [0.3, 0.4) is 0 Å². The van der Waals surface area contributed by atoms with Gasteiger partial charge in [0.25, 0.3) is 5.91 Å². The summed E-state index contributed by atoms with van der Waals surface area (Å²) < 4.78 is 44.6. The quantitative estimate of drug-likeness (QED) is 0.658. The number of methoxy groups -OCH3 is 1. The topological polar surface area (TPSA) is 70.7 Å². The number of anilines is 1. The third kappa shape index (κ3) is 5.63. The van der Waals surface area contributed by atoms with Crippen LogP contribution in [-0.4, -0.2) is 49.4 Å². The number of hydrazine groups is 1. The molecule has 10 heteroatoms. The normalized spacial score (nSPS) is 16.2. The van der Waals surface area contributed by atoms with Crippen LogP contribution in [0.1, 0.15) is 15.9 Å². The first-order valence-corrected chi connectivity index (χ1v) is 10.7. The van der Waals surface area contributed by atoms with E-state index in [0.717, 1.165) is 35.6 Å². The fraction of sp³-hybridized carbons (Fsp3) is 0.333. The fourth-order valence-electron chi connectivity index (χ4n) is 3.36. The summed E-state index contributed by atoms with van der Waals surface area (Å²) in [5.74, 6) is -0.610. The standard InChI is InChI=1S/C21H22F3N3O3S/c1-30-18-5-3-2-4-17(18)27-8-9-31-12-15(27)10-13-6-7-14(11-16(13)22)20(28)25-26-21(29)19(23)24/h2-7,11,15,19H,8-10,12H2,1H3,(H,25,28)(H,26,29). The number of ether oxygens (including phenoxy) is 1. The Morgan fingerprint density at radius 2 is 2.00 bits per heavy atom. The number of carbonyl (C=O) groups is 2. The van der Waals surface area contributed by atoms with Crippen LogP contribution in [0, 0.1) is 5.82 Å². The van der Waals surface area contributed by atoms with Crippen molar-refractivity contribution in [3.63, 3.8) is 0 Å². The lowest BCUT2D eigenvalue weighted by atomic mass is 10.0. The second-order valence-electron chi connectivity index (χ2n) is 6.85. The lowest BCUT2D eigenvalue weighted by molar-refractivity contribution is -0.132. The zero-order valence-corrected chi connectivity index (χ0v) is 17.6. The van der Waals surface area contributed by atoms with Gasteiger partial charge in [-0.1, -0.05) is 18.2 Å². The zero-order chi connectivity index (χ0) is 22.4. The second-order valence-corrected chi connectivity index (χ2v) is 8.00. The van der Waals surface area contributed by atoms with Crippen molar-refractivity contribution < 1.29 is 27.5 Å². The largest absolute Gasteiger partial charge is 0.495 e. The molecule has 166 valence electrons. The minimum absolute atomic E-state index is 0.0227. The van der Waals surface area contributed by atoms with Crippen molar-refractivity contribution in [3.05, 3.63) is 59.4 Å². The van der Waals surface area contributed by atoms with Crippen LogP contribution in [0.4, 0.5) is 18.9 Å². The Labute approximate surface area is 182 Å². The highest BCUT2D eigenvalue weighted by Gasteiger charge is 2.26. The van der Waals surface area contributed by atoms with Crippen LogP contribution in [0.25, 0.3) is 0 Å². The van der Waals surface area contributed by atoms with Crippen LogP contribution in [-0.2, 0) is 11.2 Å². The number of amides is 2. The Morgan fingerprint density at radius 1 is 1.23 bits per heavy atom. The van der Waals surface area contributed by atoms with E-state index in [0.29, 0.717) is 12.0 Å². The molecule has 1 fully saturated rings. The predicted octanol–water partition coefficient (Wildman–Crippen LogP) is 3.02. The monoisotopic (exact) mass is 453 g/mol. The molecule has 1 unspecified atom stereocenters. The molecular weight excluding hydrogens is 431 g/mol. The fourth-order valence-corrected chi connectivity index (χ4v) is 4.42. The van der Waals surface area contributed by atoms with E-state index >= 15 is 0 Å². The molecule has 2 aromatic rings. The molecule has 2 N–H and O–H groups in total. The molecule has 0 aliphatic carbocycles. The summed E-state index contributed by atoms with van der Waals surface area (Å²) in [6, 6.07) is 11.6. The molecular formula is C21H22F3N3O3S. The molecule has 0 bridgehead atoms. The zero-order valence-electron chi connectivity index (χ0n) is 16.7. The summed E-state index contributed by atoms with van der Waals surface area (Å²) >= 11 is 1.79. The van der Waals surface area contributed by atoms with Crippen LogP contribution >= 0.6 is 11.8 Å². The molecule has 0 aromatic heterocycles. The van der Waals surface area contributed by atoms with Crippen molar-refractivity contribution in [1.29, 1.82) is 0 Å². The lowest BCUT2D eigenvalue weighted by Gasteiger charge is -2.38. The number of carbonyl (C=O) groups excluding carboxylic acids is 2. The second kappa shape index (κ2) is 10.4. The van der Waals surface area contributed by atoms with Crippen molar-refractivity contribution in [2.75, 3.05) is 30.1 Å². The Bertz CT molecular complexity index is 945. The number of nitrogens with one attached hydrogen (secondary N) is 2. The number of rotatable bonds is 6. The highest BCUT2D eigenvalue weighted by atomic mass is 32.2. The van der Waals surface area contributed by atoms with Gasteiger partial charge in [0.1, 0.15) is 11.6 Å². The number of halogens is 3. The summed E-state index contributed by atoms with van der Waals surface area (Å²) in [6.45, 7) is 0.793. The number of nitrogens with zero attached hydrogens (tertiary/aromatic N) is 1. The van der Waals surface area contributed by atoms with Gasteiger partial charge in [0, 0.05) is 29.7 Å². The van der Waals surface area contributed by atoms with Crippen LogP contribution in [0.2, 0.25) is 0 Å². The number of benzene rings is 2. The molecule has 2 aromatic carbocycles. The molecule has 1 atom stereocenters. The molecule has 31 heavy (non-hydrogen) atoms. The minimum atomic E-state index is -3.26. The Hall–Kier alpha value is -2.88. The summed E-state index contributed by atoms with van der Waals surface area (Å²) in [4.78, 5) is 25.0. The SMILES string of the molecule is COc1ccccc1N1CCSCC1Cc1ccc(C(=O)NNC(=O)C(F)F)cc1F. The van der Waals surface area contributed by atoms with Gasteiger partial charge in [-0.3, -0.25) is 20.4 Å². The average molecular weight is 453 g/mol. The van der Waals surface area contributed by atoms with Crippen molar-refractivity contribution in [3.8, 4) is 5.75 Å². The van der Waals surface area contributed by atoms with E-state index in [1.54, 1.807) is 24.3 Å². The van der Waals surface area contributed by atoms with Gasteiger partial charge in [0.05, 0.1) is 12.8 Å². The van der Waals surface area contributed by atoms with Crippen molar-refractivity contribution in [2.45, 2.75) is 18.9 Å². The first-order valence-electron chi connectivity index (χ1n) is 9.55. The van der Waals surface area contributed by atoms with Gasteiger partial charge in [-0.2, -0.15) is 20.5 Å². The third-order valence-corrected chi connectivity index (χ3v) is 5.98. The van der Waals surface area contributed by atoms with E-state index in [2.05, 4.69) is 4.90 Å². The Morgan fingerprint density at radius 3 is 2.71 bits per heavy atom. The van der Waals surface area contributed by atoms with Gasteiger partial charge >= 0.3 is 12.3 Å². The maximum Gasteiger partial charge on any atom is 0.317 e. The van der Waals surface area contributed by atoms with E-state index in [1.807, 2.05) is 29.7 Å². The maximum atomic E-state index is 14.7. The molecule has 1 aliphatic heterocycles. The molecule has 0 saturated carbocycles. The number of hydrogen-bond donors (Lipinski definition) is 2. The first-order chi connectivity index (χ1) is 14.9. The van der Waals surface area contributed by atoms with Crippen LogP contribution in [0.5, 0.6) is 5.75 Å². The van der Waals surface area contributed by atoms with Crippen molar-refractivity contribution >= 4 is 29.3 Å². The van der Waals surface area contributed by atoms with E-state index in [-0.39, 0.29) is 11.6 Å². The summed E-state index contributed by atoms with van der Waals surface area (Å²) in [5, 5.41) is 0. The maximum absolute atomic E-state index is 14.7. The molecule has 2 amide bonds. The van der Waals surface area contributed by atoms with E-state index in [1.165, 1.54) is 12.1 Å². The van der Waals surface area contributed by atoms with E-state index in [4.69, 9.17) is 4.74 Å². The highest BCUT2D eigenvalue weighted by molar-refractivity contribution is 7.99. The summed E-state index contributed by atoms with van der Waals surface area (Å²) in [6.07, 6.45) is -2.85. The molecule has 1 heterocycles. The third-order valence-electron chi connectivity index (χ3n) is 4.89. The number of hydrogen-bond acceptors (Lipinski definition) is 5. The number of para-hydroxylation sites is 2. The van der Waals surface area contributed by atoms with Gasteiger partial charge < -0.3 is 9.64 Å². The number of alkyl halides is 2. The minimum Gasteiger partial charge on any atom is -0.495 e. The highest BCUT2D eigenvalue weighted by Crippen LogP contribution is 2.33. The van der Waals surface area contributed by atoms with E-state index < -0.39 is 24.1 Å². The Balaban J connectivity index is 1.72. The van der Waals surface area contributed by atoms with Crippen molar-refractivity contribution in [1.82, 2.24) is 10.9 Å². The molecule has 1 aliphatic rings. The van der Waals surface area contributed by atoms with Crippen LogP contribution in [0.15, 0.2) is 42.5 Å². The van der Waals surface area contributed by atoms with Crippen molar-refractivity contribution in [2.24, 2.45) is 0 Å². The smallest absolute Gasteiger partial charge is 0.317 e. The molecule has 0 radical (unpaired) electrons. The summed E-state index contributed by atoms with van der Waals surface area (Å²) in [7, 11) is 1.61. The predicted molar refractivity (Wildman–Crippen MR) is 113 cm³/mol. The lowest BCUT2D eigenvalue weighted by Crippen LogP contribution is -2.44. The number of thioether (sulfide) groups is 1. The molecule has 3 rings (SSSR count). The molecule has 6 nitrogen and oxygen atoms in total. The molecule has 1 saturated heterocycles. The summed E-state index contributed by atoms with van der Waals surface area (Å²) in [5.41, 5.74) is 4.71. The van der Waals surface area contributed by atoms with Gasteiger partial charge in [-0.05, 0) is 36.2 Å². The Kier molecular flexibility index (Phi) is 7.67. The first kappa shape index (κ1) is 22.8.